The number of aliphatic imine (C=N–C) groups is 1. The van der Waals surface area contributed by atoms with Gasteiger partial charge in [0.05, 0.1) is 6.54 Å². The molecule has 5 nitrogen and oxygen atoms in total. The summed E-state index contributed by atoms with van der Waals surface area (Å²) in [4.78, 5) is 29.8. The molecular formula is C8H11N3O2. The van der Waals surface area contributed by atoms with Gasteiger partial charge in [0.25, 0.3) is 0 Å². The number of fused-ring (bicyclic) bond motifs is 1. The molecule has 2 aliphatic rings. The predicted molar refractivity (Wildman–Crippen MR) is 46.0 cm³/mol. The van der Waals surface area contributed by atoms with E-state index < -0.39 is 0 Å². The Kier molecular flexibility index (Phi) is 1.79. The Morgan fingerprint density at radius 3 is 2.92 bits per heavy atom. The Bertz CT molecular complexity index is 298. The number of amides is 2. The normalized spacial score (nSPS) is 21.6. The van der Waals surface area contributed by atoms with Crippen molar-refractivity contribution in [1.29, 1.82) is 0 Å². The fraction of sp³-hybridized carbons (Fsp3) is 0.625. The fourth-order valence-electron chi connectivity index (χ4n) is 1.64. The van der Waals surface area contributed by atoms with Crippen molar-refractivity contribution >= 4 is 17.8 Å². The first-order valence-electron chi connectivity index (χ1n) is 4.33. The summed E-state index contributed by atoms with van der Waals surface area (Å²) in [6, 6.07) is 0. The molecule has 2 heterocycles. The second kappa shape index (κ2) is 2.83. The van der Waals surface area contributed by atoms with E-state index in [4.69, 9.17) is 0 Å². The number of hydrogen-bond acceptors (Lipinski definition) is 3. The number of carbonyl (C=O) groups excluding carboxylic acids is 2. The highest BCUT2D eigenvalue weighted by atomic mass is 16.2. The fourth-order valence-corrected chi connectivity index (χ4v) is 1.64. The monoisotopic (exact) mass is 181 g/mol. The Morgan fingerprint density at radius 2 is 2.23 bits per heavy atom. The van der Waals surface area contributed by atoms with Crippen LogP contribution in [0.15, 0.2) is 4.99 Å². The summed E-state index contributed by atoms with van der Waals surface area (Å²) >= 11 is 0. The summed E-state index contributed by atoms with van der Waals surface area (Å²) in [6.07, 6.45) is 0.415. The smallest absolute Gasteiger partial charge is 0.231 e. The van der Waals surface area contributed by atoms with Crippen LogP contribution in [0.3, 0.4) is 0 Å². The molecule has 0 radical (unpaired) electrons. The van der Waals surface area contributed by atoms with Gasteiger partial charge in [0.2, 0.25) is 17.8 Å². The molecule has 1 fully saturated rings. The van der Waals surface area contributed by atoms with Gasteiger partial charge < -0.3 is 0 Å². The van der Waals surface area contributed by atoms with Gasteiger partial charge in [-0.25, -0.2) is 0 Å². The molecule has 70 valence electrons. The van der Waals surface area contributed by atoms with Gasteiger partial charge in [-0.05, 0) is 0 Å². The molecule has 5 heteroatoms. The third-order valence-corrected chi connectivity index (χ3v) is 2.29. The van der Waals surface area contributed by atoms with Crippen molar-refractivity contribution in [3.63, 3.8) is 0 Å². The second-order valence-electron chi connectivity index (χ2n) is 3.15. The summed E-state index contributed by atoms with van der Waals surface area (Å²) in [6.45, 7) is 3.21. The Labute approximate surface area is 76.0 Å². The minimum absolute atomic E-state index is 0.0434. The lowest BCUT2D eigenvalue weighted by Crippen LogP contribution is -2.52. The Hall–Kier alpha value is -1.39. The number of rotatable bonds is 0. The predicted octanol–water partition coefficient (Wildman–Crippen LogP) is -0.563. The maximum atomic E-state index is 11.4. The molecule has 2 amide bonds. The van der Waals surface area contributed by atoms with E-state index in [1.165, 1.54) is 6.92 Å². The standard InChI is InChI=1S/C8H11N3O2/c1-6(12)10-4-2-7(13)11-5-3-9-8(10)11/h2-5H2,1H3. The van der Waals surface area contributed by atoms with Crippen LogP contribution in [-0.2, 0) is 9.59 Å². The van der Waals surface area contributed by atoms with Gasteiger partial charge in [-0.15, -0.1) is 0 Å². The van der Waals surface area contributed by atoms with Crippen LogP contribution in [0.1, 0.15) is 13.3 Å². The highest BCUT2D eigenvalue weighted by Crippen LogP contribution is 2.14. The van der Waals surface area contributed by atoms with Gasteiger partial charge >= 0.3 is 0 Å². The first kappa shape index (κ1) is 8.22. The zero-order valence-electron chi connectivity index (χ0n) is 7.49. The number of nitrogens with zero attached hydrogens (tertiary/aromatic N) is 3. The SMILES string of the molecule is CC(=O)N1CCC(=O)N2CCN=C12. The van der Waals surface area contributed by atoms with E-state index in [2.05, 4.69) is 4.99 Å². The van der Waals surface area contributed by atoms with Gasteiger partial charge in [0.15, 0.2) is 0 Å². The van der Waals surface area contributed by atoms with Crippen LogP contribution in [0.5, 0.6) is 0 Å². The van der Waals surface area contributed by atoms with Crippen LogP contribution >= 0.6 is 0 Å². The van der Waals surface area contributed by atoms with Crippen LogP contribution in [-0.4, -0.2) is 47.2 Å². The zero-order valence-corrected chi connectivity index (χ0v) is 7.49. The largest absolute Gasteiger partial charge is 0.282 e. The average molecular weight is 181 g/mol. The molecule has 2 rings (SSSR count). The molecule has 0 aliphatic carbocycles. The van der Waals surface area contributed by atoms with E-state index in [1.807, 2.05) is 0 Å². The molecule has 0 aromatic carbocycles. The Balaban J connectivity index is 2.26. The van der Waals surface area contributed by atoms with Crippen molar-refractivity contribution < 1.29 is 9.59 Å². The maximum absolute atomic E-state index is 11.4. The lowest BCUT2D eigenvalue weighted by molar-refractivity contribution is -0.132. The highest BCUT2D eigenvalue weighted by Gasteiger charge is 2.34. The molecule has 0 spiro atoms. The van der Waals surface area contributed by atoms with Crippen LogP contribution in [0, 0.1) is 0 Å². The van der Waals surface area contributed by atoms with Crippen molar-refractivity contribution in [2.24, 2.45) is 4.99 Å². The van der Waals surface area contributed by atoms with Crippen molar-refractivity contribution in [2.45, 2.75) is 13.3 Å². The van der Waals surface area contributed by atoms with Gasteiger partial charge in [-0.1, -0.05) is 0 Å². The summed E-state index contributed by atoms with van der Waals surface area (Å²) in [5.41, 5.74) is 0. The second-order valence-corrected chi connectivity index (χ2v) is 3.15. The van der Waals surface area contributed by atoms with Gasteiger partial charge in [-0.2, -0.15) is 0 Å². The molecule has 0 aromatic rings. The average Bonchev–Trinajstić information content (AvgIpc) is 2.53. The van der Waals surface area contributed by atoms with E-state index in [-0.39, 0.29) is 11.8 Å². The summed E-state index contributed by atoms with van der Waals surface area (Å²) in [5.74, 6) is 0.579. The summed E-state index contributed by atoms with van der Waals surface area (Å²) in [7, 11) is 0. The molecule has 0 aromatic heterocycles. The van der Waals surface area contributed by atoms with E-state index in [0.29, 0.717) is 32.0 Å². The first-order chi connectivity index (χ1) is 6.20. The summed E-state index contributed by atoms with van der Waals surface area (Å²) < 4.78 is 0. The first-order valence-corrected chi connectivity index (χ1v) is 4.33. The van der Waals surface area contributed by atoms with Crippen molar-refractivity contribution in [3.05, 3.63) is 0 Å². The van der Waals surface area contributed by atoms with Crippen LogP contribution < -0.4 is 0 Å². The van der Waals surface area contributed by atoms with Crippen molar-refractivity contribution in [2.75, 3.05) is 19.6 Å². The highest BCUT2D eigenvalue weighted by molar-refractivity contribution is 6.07. The quantitative estimate of drug-likeness (QED) is 0.503. The van der Waals surface area contributed by atoms with Gasteiger partial charge in [-0.3, -0.25) is 24.4 Å². The molecule has 2 aliphatic heterocycles. The molecule has 0 bridgehead atoms. The lowest BCUT2D eigenvalue weighted by Gasteiger charge is -2.32. The van der Waals surface area contributed by atoms with Crippen LogP contribution in [0.4, 0.5) is 0 Å². The molecule has 0 unspecified atom stereocenters. The van der Waals surface area contributed by atoms with Crippen LogP contribution in [0.25, 0.3) is 0 Å². The number of carbonyl (C=O) groups is 2. The third-order valence-electron chi connectivity index (χ3n) is 2.29. The number of hydrogen-bond donors (Lipinski definition) is 0. The summed E-state index contributed by atoms with van der Waals surface area (Å²) in [5, 5.41) is 0. The minimum atomic E-state index is -0.0434. The van der Waals surface area contributed by atoms with E-state index >= 15 is 0 Å². The number of guanidine groups is 1. The van der Waals surface area contributed by atoms with Crippen LogP contribution in [0.2, 0.25) is 0 Å². The topological polar surface area (TPSA) is 53.0 Å². The van der Waals surface area contributed by atoms with Gasteiger partial charge in [0.1, 0.15) is 0 Å². The maximum Gasteiger partial charge on any atom is 0.231 e. The van der Waals surface area contributed by atoms with E-state index in [1.54, 1.807) is 9.80 Å². The van der Waals surface area contributed by atoms with Crippen molar-refractivity contribution in [3.8, 4) is 0 Å². The molecule has 0 saturated carbocycles. The van der Waals surface area contributed by atoms with E-state index in [0.717, 1.165) is 0 Å². The molecular weight excluding hydrogens is 170 g/mol. The van der Waals surface area contributed by atoms with E-state index in [9.17, 15) is 9.59 Å². The lowest BCUT2D eigenvalue weighted by atomic mass is 10.3. The molecule has 13 heavy (non-hydrogen) atoms. The zero-order chi connectivity index (χ0) is 9.42. The Morgan fingerprint density at radius 1 is 1.46 bits per heavy atom. The van der Waals surface area contributed by atoms with Gasteiger partial charge in [0, 0.05) is 26.4 Å². The minimum Gasteiger partial charge on any atom is -0.282 e. The van der Waals surface area contributed by atoms with Crippen molar-refractivity contribution in [1.82, 2.24) is 9.80 Å². The third kappa shape index (κ3) is 1.20. The molecule has 0 atom stereocenters. The molecule has 0 N–H and O–H groups in total. The molecule has 1 saturated heterocycles.